The van der Waals surface area contributed by atoms with Gasteiger partial charge in [-0.2, -0.15) is 0 Å². The first-order chi connectivity index (χ1) is 13.5. The Morgan fingerprint density at radius 3 is 2.28 bits per heavy atom. The van der Waals surface area contributed by atoms with Crippen LogP contribution in [0.15, 0.2) is 41.4 Å². The number of rotatable bonds is 9. The maximum Gasteiger partial charge on any atom is 0.339 e. The fraction of sp³-hybridized carbons (Fsp3) is 0.429. The Kier molecular flexibility index (Phi) is 7.24. The second-order valence-corrected chi connectivity index (χ2v) is 9.70. The second-order valence-electron chi connectivity index (χ2n) is 8.01. The zero-order valence-electron chi connectivity index (χ0n) is 17.5. The molecule has 0 fully saturated rings. The van der Waals surface area contributed by atoms with E-state index in [1.54, 1.807) is 25.1 Å². The van der Waals surface area contributed by atoms with E-state index in [2.05, 4.69) is 37.4 Å². The molecule has 2 N–H and O–H groups in total. The van der Waals surface area contributed by atoms with Crippen molar-refractivity contribution in [3.8, 4) is 0 Å². The van der Waals surface area contributed by atoms with Crippen molar-refractivity contribution in [1.29, 1.82) is 0 Å². The maximum atomic E-state index is 12.6. The second kappa shape index (κ2) is 9.26. The predicted octanol–water partition coefficient (Wildman–Crippen LogP) is 4.01. The molecule has 8 heteroatoms. The molecule has 1 aromatic carbocycles. The summed E-state index contributed by atoms with van der Waals surface area (Å²) in [5, 5.41) is 9.72. The van der Waals surface area contributed by atoms with Crippen molar-refractivity contribution in [2.75, 3.05) is 22.7 Å². The summed E-state index contributed by atoms with van der Waals surface area (Å²) in [6.07, 6.45) is 1.36. The molecular formula is C21H29N3O4S. The number of sulfonamides is 1. The van der Waals surface area contributed by atoms with Gasteiger partial charge in [-0.25, -0.2) is 18.2 Å². The number of carbonyl (C=O) groups is 1. The molecule has 0 unspecified atom stereocenters. The van der Waals surface area contributed by atoms with Crippen LogP contribution in [0, 0.1) is 18.8 Å². The minimum atomic E-state index is -3.85. The molecule has 0 saturated heterocycles. The molecule has 7 nitrogen and oxygen atoms in total. The van der Waals surface area contributed by atoms with E-state index < -0.39 is 16.0 Å². The smallest absolute Gasteiger partial charge is 0.339 e. The van der Waals surface area contributed by atoms with Gasteiger partial charge < -0.3 is 10.0 Å². The Balaban J connectivity index is 2.41. The molecule has 29 heavy (non-hydrogen) atoms. The van der Waals surface area contributed by atoms with Gasteiger partial charge >= 0.3 is 5.97 Å². The molecule has 1 aromatic heterocycles. The first-order valence-electron chi connectivity index (χ1n) is 9.57. The fourth-order valence-corrected chi connectivity index (χ4v) is 4.19. The molecule has 0 atom stereocenters. The van der Waals surface area contributed by atoms with Crippen LogP contribution in [-0.2, 0) is 10.0 Å². The Morgan fingerprint density at radius 2 is 1.76 bits per heavy atom. The SMILES string of the molecule is Cc1cccc(S(=O)(=O)Nc2cnc(N(CC(C)C)CC(C)C)c(C(=O)O)c2)c1. The van der Waals surface area contributed by atoms with E-state index in [1.807, 2.05) is 4.90 Å². The van der Waals surface area contributed by atoms with Crippen molar-refractivity contribution in [2.24, 2.45) is 11.8 Å². The molecule has 0 bridgehead atoms. The summed E-state index contributed by atoms with van der Waals surface area (Å²) in [7, 11) is -3.85. The van der Waals surface area contributed by atoms with Gasteiger partial charge in [0, 0.05) is 13.1 Å². The van der Waals surface area contributed by atoms with E-state index in [9.17, 15) is 18.3 Å². The van der Waals surface area contributed by atoms with Gasteiger partial charge in [0.1, 0.15) is 11.4 Å². The first-order valence-corrected chi connectivity index (χ1v) is 11.1. The van der Waals surface area contributed by atoms with Crippen molar-refractivity contribution in [3.05, 3.63) is 47.7 Å². The summed E-state index contributed by atoms with van der Waals surface area (Å²) in [4.78, 5) is 18.3. The first kappa shape index (κ1) is 22.7. The van der Waals surface area contributed by atoms with E-state index in [0.29, 0.717) is 30.7 Å². The lowest BCUT2D eigenvalue weighted by Gasteiger charge is -2.28. The topological polar surface area (TPSA) is 99.6 Å². The highest BCUT2D eigenvalue weighted by Gasteiger charge is 2.22. The Hall–Kier alpha value is -2.61. The molecule has 1 heterocycles. The number of carboxylic acids is 1. The quantitative estimate of drug-likeness (QED) is 0.637. The van der Waals surface area contributed by atoms with Crippen LogP contribution in [0.1, 0.15) is 43.6 Å². The molecule has 0 spiro atoms. The van der Waals surface area contributed by atoms with Crippen LogP contribution >= 0.6 is 0 Å². The summed E-state index contributed by atoms with van der Waals surface area (Å²) in [6, 6.07) is 7.82. The van der Waals surface area contributed by atoms with E-state index >= 15 is 0 Å². The largest absolute Gasteiger partial charge is 0.478 e. The van der Waals surface area contributed by atoms with Crippen molar-refractivity contribution < 1.29 is 18.3 Å². The van der Waals surface area contributed by atoms with E-state index in [4.69, 9.17) is 0 Å². The number of aromatic carboxylic acids is 1. The van der Waals surface area contributed by atoms with E-state index in [1.165, 1.54) is 18.3 Å². The fourth-order valence-electron chi connectivity index (χ4n) is 3.05. The zero-order valence-corrected chi connectivity index (χ0v) is 18.3. The highest BCUT2D eigenvalue weighted by Crippen LogP contribution is 2.25. The number of hydrogen-bond acceptors (Lipinski definition) is 5. The van der Waals surface area contributed by atoms with Crippen molar-refractivity contribution in [2.45, 2.75) is 39.5 Å². The minimum absolute atomic E-state index is 0.0317. The molecular weight excluding hydrogens is 390 g/mol. The van der Waals surface area contributed by atoms with Gasteiger partial charge in [0.05, 0.1) is 16.8 Å². The van der Waals surface area contributed by atoms with Crippen LogP contribution in [-0.4, -0.2) is 37.6 Å². The lowest BCUT2D eigenvalue weighted by atomic mass is 10.1. The number of aryl methyl sites for hydroxylation is 1. The number of hydrogen-bond donors (Lipinski definition) is 2. The molecule has 2 rings (SSSR count). The lowest BCUT2D eigenvalue weighted by Crippen LogP contribution is -2.33. The van der Waals surface area contributed by atoms with Crippen LogP contribution in [0.2, 0.25) is 0 Å². The highest BCUT2D eigenvalue weighted by atomic mass is 32.2. The zero-order chi connectivity index (χ0) is 21.8. The number of anilines is 2. The molecule has 2 aromatic rings. The molecule has 0 amide bonds. The van der Waals surface area contributed by atoms with Gasteiger partial charge in [0.15, 0.2) is 0 Å². The third-order valence-electron chi connectivity index (χ3n) is 4.12. The van der Waals surface area contributed by atoms with Crippen molar-refractivity contribution >= 4 is 27.5 Å². The van der Waals surface area contributed by atoms with Gasteiger partial charge in [-0.3, -0.25) is 4.72 Å². The highest BCUT2D eigenvalue weighted by molar-refractivity contribution is 7.92. The van der Waals surface area contributed by atoms with Gasteiger partial charge in [-0.15, -0.1) is 0 Å². The van der Waals surface area contributed by atoms with Crippen LogP contribution in [0.25, 0.3) is 0 Å². The van der Waals surface area contributed by atoms with Gasteiger partial charge in [0.2, 0.25) is 0 Å². The summed E-state index contributed by atoms with van der Waals surface area (Å²) < 4.78 is 27.7. The molecule has 0 aliphatic carbocycles. The minimum Gasteiger partial charge on any atom is -0.478 e. The normalized spacial score (nSPS) is 11.7. The Labute approximate surface area is 172 Å². The van der Waals surface area contributed by atoms with Crippen LogP contribution < -0.4 is 9.62 Å². The number of aromatic nitrogens is 1. The van der Waals surface area contributed by atoms with Gasteiger partial charge in [0.25, 0.3) is 10.0 Å². The Bertz CT molecular complexity index is 962. The van der Waals surface area contributed by atoms with Gasteiger partial charge in [-0.1, -0.05) is 39.8 Å². The third-order valence-corrected chi connectivity index (χ3v) is 5.50. The average molecular weight is 420 g/mol. The molecule has 158 valence electrons. The standard InChI is InChI=1S/C21H29N3O4S/c1-14(2)12-24(13-15(3)4)20-19(21(25)26)10-17(11-22-20)23-29(27,28)18-8-6-7-16(5)9-18/h6-11,14-15,23H,12-13H2,1-5H3,(H,25,26). The number of carboxylic acid groups (broad SMARTS) is 1. The third kappa shape index (κ3) is 6.19. The summed E-state index contributed by atoms with van der Waals surface area (Å²) in [5.41, 5.74) is 0.892. The van der Waals surface area contributed by atoms with E-state index in [0.717, 1.165) is 5.56 Å². The molecule has 0 saturated carbocycles. The number of nitrogens with zero attached hydrogens (tertiary/aromatic N) is 2. The van der Waals surface area contributed by atoms with Crippen LogP contribution in [0.5, 0.6) is 0 Å². The maximum absolute atomic E-state index is 12.6. The number of pyridine rings is 1. The van der Waals surface area contributed by atoms with Crippen LogP contribution in [0.4, 0.5) is 11.5 Å². The predicted molar refractivity (Wildman–Crippen MR) is 115 cm³/mol. The molecule has 0 aliphatic heterocycles. The lowest BCUT2D eigenvalue weighted by molar-refractivity contribution is 0.0697. The summed E-state index contributed by atoms with van der Waals surface area (Å²) in [5.74, 6) is -0.173. The van der Waals surface area contributed by atoms with E-state index in [-0.39, 0.29) is 16.1 Å². The molecule has 0 radical (unpaired) electrons. The average Bonchev–Trinajstić information content (AvgIpc) is 2.60. The molecule has 0 aliphatic rings. The van der Waals surface area contributed by atoms with Gasteiger partial charge in [-0.05, 0) is 42.5 Å². The number of nitrogens with one attached hydrogen (secondary N) is 1. The monoisotopic (exact) mass is 419 g/mol. The number of benzene rings is 1. The van der Waals surface area contributed by atoms with Crippen molar-refractivity contribution in [3.63, 3.8) is 0 Å². The summed E-state index contributed by atoms with van der Waals surface area (Å²) >= 11 is 0. The van der Waals surface area contributed by atoms with Crippen molar-refractivity contribution in [1.82, 2.24) is 4.98 Å². The summed E-state index contributed by atoms with van der Waals surface area (Å²) in [6.45, 7) is 11.3. The van der Waals surface area contributed by atoms with Crippen LogP contribution in [0.3, 0.4) is 0 Å². The Morgan fingerprint density at radius 1 is 1.14 bits per heavy atom.